The molecule has 0 amide bonds. The van der Waals surface area contributed by atoms with Crippen molar-refractivity contribution in [2.24, 2.45) is 0 Å². The van der Waals surface area contributed by atoms with Gasteiger partial charge in [-0.2, -0.15) is 0 Å². The second-order valence-corrected chi connectivity index (χ2v) is 5.21. The summed E-state index contributed by atoms with van der Waals surface area (Å²) in [6.45, 7) is 2.39. The first-order chi connectivity index (χ1) is 10.1. The molecular formula is C16H16N2O3. The zero-order chi connectivity index (χ0) is 15.0. The van der Waals surface area contributed by atoms with Crippen molar-refractivity contribution in [3.8, 4) is 0 Å². The van der Waals surface area contributed by atoms with E-state index in [2.05, 4.69) is 0 Å². The number of benzene rings is 1. The second kappa shape index (κ2) is 5.09. The van der Waals surface area contributed by atoms with Crippen LogP contribution in [0.3, 0.4) is 0 Å². The summed E-state index contributed by atoms with van der Waals surface area (Å²) < 4.78 is 3.56. The summed E-state index contributed by atoms with van der Waals surface area (Å²) >= 11 is 0. The molecular weight excluding hydrogens is 268 g/mol. The molecule has 2 heterocycles. The molecule has 5 nitrogen and oxygen atoms in total. The van der Waals surface area contributed by atoms with Crippen molar-refractivity contribution in [2.45, 2.75) is 26.3 Å². The molecule has 5 heteroatoms. The summed E-state index contributed by atoms with van der Waals surface area (Å²) in [7, 11) is 0. The van der Waals surface area contributed by atoms with Crippen LogP contribution in [0, 0.1) is 6.92 Å². The molecule has 108 valence electrons. The highest BCUT2D eigenvalue weighted by Crippen LogP contribution is 2.17. The second-order valence-electron chi connectivity index (χ2n) is 5.21. The number of rotatable bonds is 4. The van der Waals surface area contributed by atoms with E-state index in [0.29, 0.717) is 18.5 Å². The Bertz CT molecular complexity index is 890. The molecule has 0 atom stereocenters. The Balaban J connectivity index is 2.23. The maximum absolute atomic E-state index is 12.6. The number of fused-ring (bicyclic) bond motifs is 3. The molecule has 2 aromatic heterocycles. The lowest BCUT2D eigenvalue weighted by atomic mass is 10.2. The molecule has 21 heavy (non-hydrogen) atoms. The molecule has 0 aliphatic heterocycles. The lowest BCUT2D eigenvalue weighted by molar-refractivity contribution is -0.137. The number of carbonyl (C=O) groups is 1. The number of aliphatic carboxylic acids is 1. The number of nitrogens with zero attached hydrogens (tertiary/aromatic N) is 2. The van der Waals surface area contributed by atoms with Gasteiger partial charge < -0.3 is 14.1 Å². The number of hydrogen-bond donors (Lipinski definition) is 1. The Morgan fingerprint density at radius 2 is 2.00 bits per heavy atom. The molecule has 0 unspecified atom stereocenters. The van der Waals surface area contributed by atoms with Crippen LogP contribution in [-0.2, 0) is 11.3 Å². The number of carboxylic acids is 1. The minimum atomic E-state index is -0.840. The standard InChI is InChI=1S/C16H16N2O3/c1-11-6-7-12-14(10-11)18(9-3-5-15(19)20)16(21)13-4-2-8-17(12)13/h2,4,6-8,10H,3,5,9H2,1H3,(H,19,20). The molecule has 1 aromatic carbocycles. The Kier molecular flexibility index (Phi) is 3.25. The molecule has 0 aliphatic rings. The van der Waals surface area contributed by atoms with Crippen molar-refractivity contribution >= 4 is 22.5 Å². The number of aryl methyl sites for hydroxylation is 2. The van der Waals surface area contributed by atoms with E-state index in [4.69, 9.17) is 5.11 Å². The largest absolute Gasteiger partial charge is 0.481 e. The van der Waals surface area contributed by atoms with Crippen molar-refractivity contribution in [1.82, 2.24) is 8.97 Å². The van der Waals surface area contributed by atoms with E-state index in [1.807, 2.05) is 41.8 Å². The predicted molar refractivity (Wildman–Crippen MR) is 80.8 cm³/mol. The van der Waals surface area contributed by atoms with Gasteiger partial charge in [0.25, 0.3) is 5.56 Å². The SMILES string of the molecule is Cc1ccc2c(c1)n(CCCC(=O)O)c(=O)c1cccn12. The number of carboxylic acid groups (broad SMARTS) is 1. The molecule has 0 fully saturated rings. The maximum atomic E-state index is 12.6. The Morgan fingerprint density at radius 3 is 2.76 bits per heavy atom. The van der Waals surface area contributed by atoms with Crippen LogP contribution < -0.4 is 5.56 Å². The fourth-order valence-corrected chi connectivity index (χ4v) is 2.68. The van der Waals surface area contributed by atoms with Crippen LogP contribution in [0.5, 0.6) is 0 Å². The van der Waals surface area contributed by atoms with Crippen molar-refractivity contribution < 1.29 is 9.90 Å². The maximum Gasteiger partial charge on any atom is 0.303 e. The van der Waals surface area contributed by atoms with Crippen LogP contribution in [0.15, 0.2) is 41.3 Å². The first kappa shape index (κ1) is 13.4. The van der Waals surface area contributed by atoms with Crippen LogP contribution in [0.1, 0.15) is 18.4 Å². The summed E-state index contributed by atoms with van der Waals surface area (Å²) in [5, 5.41) is 8.77. The van der Waals surface area contributed by atoms with Crippen molar-refractivity contribution in [3.05, 3.63) is 52.4 Å². The lowest BCUT2D eigenvalue weighted by Gasteiger charge is -2.12. The summed E-state index contributed by atoms with van der Waals surface area (Å²) in [6, 6.07) is 9.60. The molecule has 0 saturated heterocycles. The summed E-state index contributed by atoms with van der Waals surface area (Å²) in [5.41, 5.74) is 3.40. The average Bonchev–Trinajstić information content (AvgIpc) is 2.91. The van der Waals surface area contributed by atoms with Gasteiger partial charge in [-0.1, -0.05) is 6.07 Å². The van der Waals surface area contributed by atoms with Gasteiger partial charge in [-0.25, -0.2) is 0 Å². The van der Waals surface area contributed by atoms with Gasteiger partial charge in [0, 0.05) is 19.2 Å². The normalized spacial score (nSPS) is 11.3. The molecule has 0 spiro atoms. The zero-order valence-corrected chi connectivity index (χ0v) is 11.7. The Hall–Kier alpha value is -2.56. The highest BCUT2D eigenvalue weighted by Gasteiger charge is 2.10. The Morgan fingerprint density at radius 1 is 1.19 bits per heavy atom. The van der Waals surface area contributed by atoms with E-state index in [1.54, 1.807) is 10.6 Å². The average molecular weight is 284 g/mol. The van der Waals surface area contributed by atoms with E-state index < -0.39 is 5.97 Å². The van der Waals surface area contributed by atoms with Crippen LogP contribution >= 0.6 is 0 Å². The van der Waals surface area contributed by atoms with Gasteiger partial charge in [0.2, 0.25) is 0 Å². The fraction of sp³-hybridized carbons (Fsp3) is 0.250. The van der Waals surface area contributed by atoms with E-state index in [-0.39, 0.29) is 12.0 Å². The van der Waals surface area contributed by atoms with Gasteiger partial charge in [-0.05, 0) is 43.2 Å². The highest BCUT2D eigenvalue weighted by molar-refractivity contribution is 5.79. The van der Waals surface area contributed by atoms with E-state index in [1.165, 1.54) is 0 Å². The molecule has 1 N–H and O–H groups in total. The van der Waals surface area contributed by atoms with Gasteiger partial charge >= 0.3 is 5.97 Å². The van der Waals surface area contributed by atoms with Crippen molar-refractivity contribution in [2.75, 3.05) is 0 Å². The minimum Gasteiger partial charge on any atom is -0.481 e. The smallest absolute Gasteiger partial charge is 0.303 e. The van der Waals surface area contributed by atoms with Gasteiger partial charge in [-0.3, -0.25) is 9.59 Å². The summed E-state index contributed by atoms with van der Waals surface area (Å²) in [4.78, 5) is 23.3. The van der Waals surface area contributed by atoms with Gasteiger partial charge in [0.05, 0.1) is 11.0 Å². The monoisotopic (exact) mass is 284 g/mol. The van der Waals surface area contributed by atoms with Crippen LogP contribution in [0.2, 0.25) is 0 Å². The lowest BCUT2D eigenvalue weighted by Crippen LogP contribution is -2.23. The van der Waals surface area contributed by atoms with E-state index in [9.17, 15) is 9.59 Å². The van der Waals surface area contributed by atoms with Crippen LogP contribution in [-0.4, -0.2) is 20.0 Å². The van der Waals surface area contributed by atoms with Gasteiger partial charge in [0.1, 0.15) is 5.52 Å². The first-order valence-corrected chi connectivity index (χ1v) is 6.90. The zero-order valence-electron chi connectivity index (χ0n) is 11.7. The quantitative estimate of drug-likeness (QED) is 0.800. The van der Waals surface area contributed by atoms with Crippen molar-refractivity contribution in [3.63, 3.8) is 0 Å². The summed E-state index contributed by atoms with van der Waals surface area (Å²) in [5.74, 6) is -0.840. The molecule has 0 saturated carbocycles. The van der Waals surface area contributed by atoms with Gasteiger partial charge in [-0.15, -0.1) is 0 Å². The molecule has 0 radical (unpaired) electrons. The minimum absolute atomic E-state index is 0.0614. The molecule has 3 aromatic rings. The van der Waals surface area contributed by atoms with Crippen LogP contribution in [0.4, 0.5) is 0 Å². The molecule has 0 bridgehead atoms. The highest BCUT2D eigenvalue weighted by atomic mass is 16.4. The van der Waals surface area contributed by atoms with E-state index >= 15 is 0 Å². The number of aromatic nitrogens is 2. The third-order valence-corrected chi connectivity index (χ3v) is 3.67. The Labute approximate surface area is 121 Å². The topological polar surface area (TPSA) is 63.7 Å². The fourth-order valence-electron chi connectivity index (χ4n) is 2.68. The third-order valence-electron chi connectivity index (χ3n) is 3.67. The summed E-state index contributed by atoms with van der Waals surface area (Å²) in [6.07, 6.45) is 2.37. The first-order valence-electron chi connectivity index (χ1n) is 6.90. The molecule has 0 aliphatic carbocycles. The van der Waals surface area contributed by atoms with Crippen molar-refractivity contribution in [1.29, 1.82) is 0 Å². The molecule has 3 rings (SSSR count). The third kappa shape index (κ3) is 2.31. The van der Waals surface area contributed by atoms with Crippen LogP contribution in [0.25, 0.3) is 16.6 Å². The van der Waals surface area contributed by atoms with Gasteiger partial charge in [0.15, 0.2) is 0 Å². The predicted octanol–water partition coefficient (Wildman–Crippen LogP) is 2.43. The van der Waals surface area contributed by atoms with E-state index in [0.717, 1.165) is 16.6 Å². The number of hydrogen-bond acceptors (Lipinski definition) is 2.